The zero-order valence-electron chi connectivity index (χ0n) is 51.8. The molecule has 0 bridgehead atoms. The highest BCUT2D eigenvalue weighted by atomic mass is 35.5. The normalized spacial score (nSPS) is 21.8. The molecule has 4 aromatic carbocycles. The highest BCUT2D eigenvalue weighted by molar-refractivity contribution is 7.90. The molecule has 2 saturated heterocycles. The SMILES string of the molecule is Cc1ccc(S(=O)(=O)n2ccc3c(Cl)nc(Cl)nc32)cc1.[2H]C([2H])([2H])C1CCN(Cc2ccccc2)CC1N(c1nc(Cl)nc2c1ccn2S(=O)(=O)c1ccc(C)cc1)C([2H])([2H])[2H].[2H]C([2H])([2H])NC1CN(Cc2ccccc2)CCC1C([2H])([2H])[2H]. The summed E-state index contributed by atoms with van der Waals surface area (Å²) in [5.41, 5.74) is 4.05. The Morgan fingerprint density at radius 2 is 1.11 bits per heavy atom. The number of nitrogens with zero attached hydrogens (tertiary/aromatic N) is 9. The van der Waals surface area contributed by atoms with Gasteiger partial charge < -0.3 is 10.2 Å². The standard InChI is InChI=1S/C27H30ClN5O2S.C14H22N2.C13H9Cl2N3O2S/c1-19-9-11-22(12-10-19)36(34,35)33-16-14-23-25(29-27(28)30-26(23)33)31(3)24-18-32(15-13-20(24)2)17-21-7-5-4-6-8-21;1-12-8-9-16(11-14(12)15-2)10-13-6-4-3-5-7-13;1-8-2-4-9(5-3-8)21(19,20)18-7-6-10-11(14)16-13(15)17-12(10)18/h4-12,14,16,20,24H,13,15,17-18H2,1-3H3;3-7,12,14-15H,8-11H2,1-2H3;2-7H,1H3/i2D3,3D3;1D3,2D3;. The number of hydrogen-bond donors (Lipinski definition) is 1. The first-order valence-corrected chi connectivity index (χ1v) is 27.2. The fourth-order valence-corrected chi connectivity index (χ4v) is 11.8. The van der Waals surface area contributed by atoms with Crippen molar-refractivity contribution in [1.29, 1.82) is 0 Å². The van der Waals surface area contributed by atoms with Crippen LogP contribution in [0.4, 0.5) is 5.82 Å². The second kappa shape index (κ2) is 23.4. The van der Waals surface area contributed by atoms with Crippen LogP contribution in [0.25, 0.3) is 22.1 Å². The van der Waals surface area contributed by atoms with E-state index in [1.165, 1.54) is 30.6 Å². The van der Waals surface area contributed by atoms with Crippen molar-refractivity contribution in [2.75, 3.05) is 45.0 Å². The van der Waals surface area contributed by atoms with E-state index in [4.69, 9.17) is 51.3 Å². The van der Waals surface area contributed by atoms with Gasteiger partial charge in [-0.25, -0.2) is 29.8 Å². The third-order valence-corrected chi connectivity index (χ3v) is 16.6. The van der Waals surface area contributed by atoms with Crippen LogP contribution >= 0.6 is 34.8 Å². The summed E-state index contributed by atoms with van der Waals surface area (Å²) in [6.07, 6.45) is 3.36. The minimum absolute atomic E-state index is 0.0147. The Morgan fingerprint density at radius 1 is 0.616 bits per heavy atom. The summed E-state index contributed by atoms with van der Waals surface area (Å²) < 4.78 is 150. The smallest absolute Gasteiger partial charge is 0.269 e. The minimum atomic E-state index is -4.13. The molecule has 1 N–H and O–H groups in total. The van der Waals surface area contributed by atoms with Gasteiger partial charge in [-0.2, -0.15) is 15.0 Å². The van der Waals surface area contributed by atoms with Gasteiger partial charge >= 0.3 is 0 Å². The molecule has 4 atom stereocenters. The summed E-state index contributed by atoms with van der Waals surface area (Å²) in [5.74, 6) is -1.77. The molecule has 4 unspecified atom stereocenters. The van der Waals surface area contributed by atoms with E-state index in [-0.39, 0.29) is 61.0 Å². The number of likely N-dealkylation sites (tertiary alicyclic amines) is 2. The molecule has 8 aromatic rings. The number of hydrogen-bond acceptors (Lipinski definition) is 12. The van der Waals surface area contributed by atoms with Gasteiger partial charge in [-0.05, 0) is 129 Å². The number of rotatable bonds is 11. The van der Waals surface area contributed by atoms with Crippen LogP contribution in [0.5, 0.6) is 0 Å². The third kappa shape index (κ3) is 12.6. The Kier molecular flexibility index (Phi) is 12.8. The lowest BCUT2D eigenvalue weighted by molar-refractivity contribution is 0.147. The lowest BCUT2D eigenvalue weighted by Gasteiger charge is -2.42. The Labute approximate surface area is 460 Å². The molecule has 0 radical (unpaired) electrons. The fourth-order valence-electron chi connectivity index (χ4n) is 8.65. The maximum Gasteiger partial charge on any atom is 0.269 e. The van der Waals surface area contributed by atoms with E-state index >= 15 is 0 Å². The average Bonchev–Trinajstić information content (AvgIpc) is 1.80. The predicted octanol–water partition coefficient (Wildman–Crippen LogP) is 10.4. The molecule has 4 aromatic heterocycles. The number of nitrogens with one attached hydrogen (secondary N) is 1. The van der Waals surface area contributed by atoms with Gasteiger partial charge in [0, 0.05) is 74.1 Å². The lowest BCUT2D eigenvalue weighted by Crippen LogP contribution is -2.51. The Morgan fingerprint density at radius 3 is 1.63 bits per heavy atom. The Hall–Kier alpha value is -5.43. The minimum Gasteiger partial charge on any atom is -0.354 e. The summed E-state index contributed by atoms with van der Waals surface area (Å²) in [5, 5.41) is 2.72. The lowest BCUT2D eigenvalue weighted by atomic mass is 9.92. The fraction of sp³-hybridized carbons (Fsp3) is 0.333. The number of likely N-dealkylation sites (N-methyl/N-ethyl adjacent to an activating group) is 2. The Balaban J connectivity index is 0.000000183. The zero-order chi connectivity index (χ0) is 62.0. The molecule has 14 nitrogen and oxygen atoms in total. The topological polar surface area (TPSA) is 151 Å². The van der Waals surface area contributed by atoms with Gasteiger partial charge in [-0.15, -0.1) is 0 Å². The third-order valence-electron chi connectivity index (χ3n) is 12.7. The maximum absolute atomic E-state index is 13.6. The van der Waals surface area contributed by atoms with E-state index in [0.29, 0.717) is 44.5 Å². The molecular weight excluding hydrogens is 1020 g/mol. The average molecular weight is 1100 g/mol. The van der Waals surface area contributed by atoms with Crippen LogP contribution < -0.4 is 10.2 Å². The highest BCUT2D eigenvalue weighted by Crippen LogP contribution is 2.33. The van der Waals surface area contributed by atoms with Crippen molar-refractivity contribution in [1.82, 2.24) is 43.0 Å². The van der Waals surface area contributed by atoms with Gasteiger partial charge in [-0.3, -0.25) is 9.80 Å². The predicted molar refractivity (Wildman–Crippen MR) is 294 cm³/mol. The van der Waals surface area contributed by atoms with Crippen molar-refractivity contribution in [2.24, 2.45) is 11.8 Å². The van der Waals surface area contributed by atoms with E-state index in [2.05, 4.69) is 30.2 Å². The van der Waals surface area contributed by atoms with Crippen molar-refractivity contribution in [2.45, 2.75) is 75.4 Å². The largest absolute Gasteiger partial charge is 0.354 e. The van der Waals surface area contributed by atoms with Crippen LogP contribution in [0.15, 0.2) is 144 Å². The molecule has 6 heterocycles. The van der Waals surface area contributed by atoms with Gasteiger partial charge in [0.1, 0.15) is 11.0 Å². The molecular formula is C54H61Cl3N10O4S2. The van der Waals surface area contributed by atoms with Crippen molar-refractivity contribution in [3.63, 3.8) is 0 Å². The van der Waals surface area contributed by atoms with Crippen LogP contribution in [-0.2, 0) is 33.1 Å². The summed E-state index contributed by atoms with van der Waals surface area (Å²) in [6, 6.07) is 33.7. The van der Waals surface area contributed by atoms with Crippen LogP contribution in [-0.4, -0.2) is 107 Å². The molecule has 0 saturated carbocycles. The second-order valence-electron chi connectivity index (χ2n) is 17.9. The van der Waals surface area contributed by atoms with Gasteiger partial charge in [0.2, 0.25) is 10.6 Å². The number of benzene rings is 4. The number of halogens is 3. The van der Waals surface area contributed by atoms with E-state index in [0.717, 1.165) is 35.1 Å². The van der Waals surface area contributed by atoms with Crippen molar-refractivity contribution < 1.29 is 33.3 Å². The second-order valence-corrected chi connectivity index (χ2v) is 22.5. The quantitative estimate of drug-likeness (QED) is 0.0970. The Bertz CT molecular complexity index is 3820. The summed E-state index contributed by atoms with van der Waals surface area (Å²) >= 11 is 18.0. The molecule has 0 amide bonds. The van der Waals surface area contributed by atoms with Gasteiger partial charge in [0.15, 0.2) is 11.3 Å². The monoisotopic (exact) mass is 1090 g/mol. The van der Waals surface area contributed by atoms with Crippen molar-refractivity contribution in [3.05, 3.63) is 172 Å². The number of piperidine rings is 2. The number of aryl methyl sites for hydroxylation is 2. The van der Waals surface area contributed by atoms with Crippen LogP contribution in [0, 0.1) is 25.7 Å². The van der Waals surface area contributed by atoms with E-state index in [1.54, 1.807) is 42.5 Å². The number of aromatic nitrogens is 6. The summed E-state index contributed by atoms with van der Waals surface area (Å²) in [4.78, 5) is 21.5. The van der Waals surface area contributed by atoms with E-state index in [9.17, 15) is 16.8 Å². The number of fused-ring (bicyclic) bond motifs is 2. The van der Waals surface area contributed by atoms with Crippen molar-refractivity contribution >= 4 is 82.7 Å². The van der Waals surface area contributed by atoms with Crippen LogP contribution in [0.3, 0.4) is 0 Å². The molecule has 2 aliphatic rings. The van der Waals surface area contributed by atoms with Gasteiger partial charge in [0.05, 0.1) is 20.6 Å². The zero-order valence-corrected chi connectivity index (χ0v) is 43.7. The molecule has 19 heteroatoms. The van der Waals surface area contributed by atoms with E-state index < -0.39 is 71.6 Å². The van der Waals surface area contributed by atoms with Crippen molar-refractivity contribution in [3.8, 4) is 0 Å². The van der Waals surface area contributed by atoms with Gasteiger partial charge in [-0.1, -0.05) is 121 Å². The highest BCUT2D eigenvalue weighted by Gasteiger charge is 2.32. The molecule has 2 fully saturated rings. The van der Waals surface area contributed by atoms with E-state index in [1.807, 2.05) is 79.4 Å². The van der Waals surface area contributed by atoms with Crippen LogP contribution in [0.1, 0.15) is 65.2 Å². The molecule has 384 valence electrons. The molecule has 73 heavy (non-hydrogen) atoms. The maximum atomic E-state index is 13.6. The van der Waals surface area contributed by atoms with Gasteiger partial charge in [0.25, 0.3) is 20.0 Å². The first-order chi connectivity index (χ1) is 39.7. The first-order valence-electron chi connectivity index (χ1n) is 29.2. The first kappa shape index (κ1) is 40.0. The molecule has 10 rings (SSSR count). The summed E-state index contributed by atoms with van der Waals surface area (Å²) in [7, 11) is -7.89. The molecule has 2 aliphatic heterocycles. The summed E-state index contributed by atoms with van der Waals surface area (Å²) in [6.45, 7) is -3.15. The number of anilines is 1. The van der Waals surface area contributed by atoms with Crippen LogP contribution in [0.2, 0.25) is 15.7 Å². The molecule has 0 spiro atoms. The molecule has 0 aliphatic carbocycles.